The van der Waals surface area contributed by atoms with Crippen molar-refractivity contribution in [3.05, 3.63) is 16.6 Å². The SMILES string of the molecule is CCO[C@H](C[C@H](C(C)C)N(C)C(=O)OC(C)(C)C)c1nccs1. The fraction of sp³-hybridized carbons (Fsp3) is 0.765. The Morgan fingerprint density at radius 3 is 2.48 bits per heavy atom. The maximum atomic E-state index is 12.4. The highest BCUT2D eigenvalue weighted by atomic mass is 32.1. The van der Waals surface area contributed by atoms with Gasteiger partial charge in [-0.05, 0) is 33.6 Å². The molecule has 0 fully saturated rings. The van der Waals surface area contributed by atoms with Crippen molar-refractivity contribution in [3.63, 3.8) is 0 Å². The molecule has 1 rings (SSSR count). The fourth-order valence-corrected chi connectivity index (χ4v) is 3.10. The molecule has 0 bridgehead atoms. The molecule has 0 saturated carbocycles. The molecule has 0 saturated heterocycles. The molecule has 0 aliphatic heterocycles. The Bertz CT molecular complexity index is 469. The van der Waals surface area contributed by atoms with Crippen LogP contribution >= 0.6 is 11.3 Å². The Labute approximate surface area is 144 Å². The Kier molecular flexibility index (Phi) is 7.48. The van der Waals surface area contributed by atoms with Crippen molar-refractivity contribution in [1.29, 1.82) is 0 Å². The second-order valence-electron chi connectivity index (χ2n) is 6.95. The molecular weight excluding hydrogens is 312 g/mol. The molecule has 1 aromatic rings. The first kappa shape index (κ1) is 19.9. The summed E-state index contributed by atoms with van der Waals surface area (Å²) in [5.41, 5.74) is -0.499. The Morgan fingerprint density at radius 1 is 1.39 bits per heavy atom. The van der Waals surface area contributed by atoms with Crippen molar-refractivity contribution in [1.82, 2.24) is 9.88 Å². The van der Waals surface area contributed by atoms with Gasteiger partial charge in [-0.15, -0.1) is 11.3 Å². The van der Waals surface area contributed by atoms with Crippen molar-refractivity contribution >= 4 is 17.4 Å². The lowest BCUT2D eigenvalue weighted by atomic mass is 9.97. The third-order valence-corrected chi connectivity index (χ3v) is 4.37. The number of hydrogen-bond donors (Lipinski definition) is 0. The number of ether oxygens (including phenoxy) is 2. The van der Waals surface area contributed by atoms with Gasteiger partial charge in [0.05, 0.1) is 0 Å². The first-order chi connectivity index (χ1) is 10.7. The van der Waals surface area contributed by atoms with Gasteiger partial charge in [0.1, 0.15) is 16.7 Å². The molecule has 0 N–H and O–H groups in total. The number of carbonyl (C=O) groups is 1. The summed E-state index contributed by atoms with van der Waals surface area (Å²) in [7, 11) is 1.80. The largest absolute Gasteiger partial charge is 0.444 e. The van der Waals surface area contributed by atoms with Crippen LogP contribution in [0.25, 0.3) is 0 Å². The van der Waals surface area contributed by atoms with E-state index in [1.807, 2.05) is 33.1 Å². The van der Waals surface area contributed by atoms with E-state index in [-0.39, 0.29) is 24.2 Å². The van der Waals surface area contributed by atoms with E-state index in [0.717, 1.165) is 5.01 Å². The van der Waals surface area contributed by atoms with Crippen LogP contribution in [0.2, 0.25) is 0 Å². The summed E-state index contributed by atoms with van der Waals surface area (Å²) >= 11 is 1.58. The fourth-order valence-electron chi connectivity index (χ4n) is 2.40. The first-order valence-electron chi connectivity index (χ1n) is 8.12. The number of amides is 1. The molecule has 23 heavy (non-hydrogen) atoms. The predicted molar refractivity (Wildman–Crippen MR) is 93.7 cm³/mol. The Hall–Kier alpha value is -1.14. The second kappa shape index (κ2) is 8.64. The van der Waals surface area contributed by atoms with Crippen molar-refractivity contribution in [3.8, 4) is 0 Å². The quantitative estimate of drug-likeness (QED) is 0.732. The van der Waals surface area contributed by atoms with Crippen molar-refractivity contribution < 1.29 is 14.3 Å². The van der Waals surface area contributed by atoms with E-state index in [1.165, 1.54) is 0 Å². The van der Waals surface area contributed by atoms with Crippen LogP contribution in [-0.4, -0.2) is 41.3 Å². The van der Waals surface area contributed by atoms with Crippen molar-refractivity contribution in [2.45, 2.75) is 65.7 Å². The lowest BCUT2D eigenvalue weighted by Gasteiger charge is -2.34. The van der Waals surface area contributed by atoms with Crippen LogP contribution in [0.5, 0.6) is 0 Å². The summed E-state index contributed by atoms with van der Waals surface area (Å²) in [5, 5.41) is 2.90. The highest BCUT2D eigenvalue weighted by Gasteiger charge is 2.30. The third-order valence-electron chi connectivity index (χ3n) is 3.50. The molecule has 132 valence electrons. The van der Waals surface area contributed by atoms with Gasteiger partial charge in [0.25, 0.3) is 0 Å². The van der Waals surface area contributed by atoms with Gasteiger partial charge in [-0.3, -0.25) is 0 Å². The van der Waals surface area contributed by atoms with Gasteiger partial charge in [0.15, 0.2) is 0 Å². The summed E-state index contributed by atoms with van der Waals surface area (Å²) in [4.78, 5) is 18.4. The van der Waals surface area contributed by atoms with Gasteiger partial charge in [-0.2, -0.15) is 0 Å². The molecule has 0 aromatic carbocycles. The van der Waals surface area contributed by atoms with Crippen LogP contribution in [0.4, 0.5) is 4.79 Å². The van der Waals surface area contributed by atoms with E-state index in [2.05, 4.69) is 18.8 Å². The van der Waals surface area contributed by atoms with Crippen LogP contribution in [0.1, 0.15) is 59.1 Å². The van der Waals surface area contributed by atoms with Crippen LogP contribution in [0.3, 0.4) is 0 Å². The van der Waals surface area contributed by atoms with E-state index in [4.69, 9.17) is 9.47 Å². The molecule has 2 atom stereocenters. The number of rotatable bonds is 7. The molecule has 6 heteroatoms. The zero-order valence-electron chi connectivity index (χ0n) is 15.3. The molecule has 0 aliphatic rings. The number of hydrogen-bond acceptors (Lipinski definition) is 5. The molecule has 5 nitrogen and oxygen atoms in total. The maximum Gasteiger partial charge on any atom is 0.410 e. The zero-order valence-corrected chi connectivity index (χ0v) is 16.1. The zero-order chi connectivity index (χ0) is 17.6. The van der Waals surface area contributed by atoms with Crippen LogP contribution in [0.15, 0.2) is 11.6 Å². The summed E-state index contributed by atoms with van der Waals surface area (Å²) in [5.74, 6) is 0.287. The molecule has 0 unspecified atom stereocenters. The van der Waals surface area contributed by atoms with E-state index >= 15 is 0 Å². The molecule has 1 amide bonds. The molecule has 0 aliphatic carbocycles. The van der Waals surface area contributed by atoms with Gasteiger partial charge >= 0.3 is 6.09 Å². The van der Waals surface area contributed by atoms with Gasteiger partial charge in [0, 0.05) is 37.7 Å². The molecule has 1 aromatic heterocycles. The van der Waals surface area contributed by atoms with E-state index in [9.17, 15) is 4.79 Å². The highest BCUT2D eigenvalue weighted by Crippen LogP contribution is 2.29. The maximum absolute atomic E-state index is 12.4. The number of aromatic nitrogens is 1. The van der Waals surface area contributed by atoms with E-state index in [1.54, 1.807) is 29.5 Å². The Morgan fingerprint density at radius 2 is 2.04 bits per heavy atom. The number of carbonyl (C=O) groups excluding carboxylic acids is 1. The third kappa shape index (κ3) is 6.47. The summed E-state index contributed by atoms with van der Waals surface area (Å²) in [6, 6.07) is 0.0188. The molecule has 0 spiro atoms. The lowest BCUT2D eigenvalue weighted by molar-refractivity contribution is -0.000882. The van der Waals surface area contributed by atoms with Crippen molar-refractivity contribution in [2.24, 2.45) is 5.92 Å². The standard InChI is InChI=1S/C17H30N2O3S/c1-8-21-14(15-18-9-10-23-15)11-13(12(2)3)19(7)16(20)22-17(4,5)6/h9-10,12-14H,8,11H2,1-7H3/t13-,14-/m1/s1. The molecule has 1 heterocycles. The summed E-state index contributed by atoms with van der Waals surface area (Å²) in [6.45, 7) is 12.4. The molecular formula is C17H30N2O3S. The average Bonchev–Trinajstić information content (AvgIpc) is 2.94. The van der Waals surface area contributed by atoms with Crippen LogP contribution < -0.4 is 0 Å². The topological polar surface area (TPSA) is 51.7 Å². The second-order valence-corrected chi connectivity index (χ2v) is 7.88. The normalized spacial score (nSPS) is 14.6. The van der Waals surface area contributed by atoms with Crippen LogP contribution in [0, 0.1) is 5.92 Å². The smallest absolute Gasteiger partial charge is 0.410 e. The summed E-state index contributed by atoms with van der Waals surface area (Å²) < 4.78 is 11.4. The molecule has 0 radical (unpaired) electrons. The van der Waals surface area contributed by atoms with Crippen LogP contribution in [-0.2, 0) is 9.47 Å². The monoisotopic (exact) mass is 342 g/mol. The first-order valence-corrected chi connectivity index (χ1v) is 9.00. The predicted octanol–water partition coefficient (Wildman–Crippen LogP) is 4.50. The summed E-state index contributed by atoms with van der Waals surface area (Å²) in [6.07, 6.45) is 2.09. The van der Waals surface area contributed by atoms with E-state index in [0.29, 0.717) is 13.0 Å². The minimum atomic E-state index is -0.499. The number of thiazole rings is 1. The van der Waals surface area contributed by atoms with E-state index < -0.39 is 5.60 Å². The van der Waals surface area contributed by atoms with Gasteiger partial charge < -0.3 is 14.4 Å². The lowest BCUT2D eigenvalue weighted by Crippen LogP contribution is -2.44. The van der Waals surface area contributed by atoms with Gasteiger partial charge in [-0.1, -0.05) is 13.8 Å². The van der Waals surface area contributed by atoms with Gasteiger partial charge in [-0.25, -0.2) is 9.78 Å². The van der Waals surface area contributed by atoms with Gasteiger partial charge in [0.2, 0.25) is 0 Å². The van der Waals surface area contributed by atoms with Crippen molar-refractivity contribution in [2.75, 3.05) is 13.7 Å². The minimum absolute atomic E-state index is 0.0188. The number of nitrogens with zero attached hydrogens (tertiary/aromatic N) is 2. The average molecular weight is 343 g/mol. The highest BCUT2D eigenvalue weighted by molar-refractivity contribution is 7.09. The Balaban J connectivity index is 2.86. The minimum Gasteiger partial charge on any atom is -0.444 e.